The second kappa shape index (κ2) is 10.7. The summed E-state index contributed by atoms with van der Waals surface area (Å²) in [5, 5.41) is 15.2. The number of benzene rings is 2. The molecule has 10 nitrogen and oxygen atoms in total. The van der Waals surface area contributed by atoms with Gasteiger partial charge in [0.15, 0.2) is 0 Å². The van der Waals surface area contributed by atoms with Gasteiger partial charge in [-0.2, -0.15) is 5.10 Å². The van der Waals surface area contributed by atoms with Crippen LogP contribution in [-0.4, -0.2) is 59.7 Å². The molecule has 0 bridgehead atoms. The number of hydrogen-bond acceptors (Lipinski definition) is 6. The number of carbonyl (C=O) groups is 4. The molecular weight excluding hydrogens is 426 g/mol. The molecule has 0 spiro atoms. The number of nitrogens with two attached hydrogens (primary N) is 1. The van der Waals surface area contributed by atoms with Crippen molar-refractivity contribution >= 4 is 41.8 Å². The summed E-state index contributed by atoms with van der Waals surface area (Å²) in [6.07, 6.45) is 4.22. The fourth-order valence-electron chi connectivity index (χ4n) is 3.33. The van der Waals surface area contributed by atoms with Crippen LogP contribution in [0.5, 0.6) is 0 Å². The van der Waals surface area contributed by atoms with E-state index in [0.29, 0.717) is 5.56 Å². The Bertz CT molecular complexity index is 1110. The topological polar surface area (TPSA) is 145 Å². The first kappa shape index (κ1) is 23.2. The van der Waals surface area contributed by atoms with E-state index < -0.39 is 17.9 Å². The van der Waals surface area contributed by atoms with Gasteiger partial charge in [-0.1, -0.05) is 42.5 Å². The molecule has 0 aromatic heterocycles. The summed E-state index contributed by atoms with van der Waals surface area (Å²) in [5.41, 5.74) is 2.28. The van der Waals surface area contributed by atoms with Crippen LogP contribution < -0.4 is 16.1 Å². The van der Waals surface area contributed by atoms with Crippen molar-refractivity contribution < 1.29 is 24.3 Å². The highest BCUT2D eigenvalue weighted by Gasteiger charge is 2.37. The summed E-state index contributed by atoms with van der Waals surface area (Å²) in [5.74, 6) is 3.25. The van der Waals surface area contributed by atoms with E-state index in [1.165, 1.54) is 17.2 Å². The predicted octanol–water partition coefficient (Wildman–Crippen LogP) is 1.20. The molecule has 4 amide bonds. The minimum atomic E-state index is -1.06. The molecule has 1 fully saturated rings. The van der Waals surface area contributed by atoms with Gasteiger partial charge in [0, 0.05) is 19.2 Å². The van der Waals surface area contributed by atoms with Crippen molar-refractivity contribution in [2.45, 2.75) is 6.42 Å². The van der Waals surface area contributed by atoms with E-state index in [0.717, 1.165) is 16.0 Å². The lowest BCUT2D eigenvalue weighted by molar-refractivity contribution is -0.136. The van der Waals surface area contributed by atoms with Crippen LogP contribution in [-0.2, 0) is 20.8 Å². The number of hydrogen-bond donors (Lipinski definition) is 3. The Balaban J connectivity index is 1.54. The molecule has 0 atom stereocenters. The number of aliphatic carboxylic acids is 1. The number of urea groups is 1. The number of nitrogens with zero attached hydrogens (tertiary/aromatic N) is 3. The molecule has 2 aromatic rings. The highest BCUT2D eigenvalue weighted by atomic mass is 16.4. The Morgan fingerprint density at radius 3 is 2.48 bits per heavy atom. The molecule has 1 aliphatic heterocycles. The van der Waals surface area contributed by atoms with Crippen molar-refractivity contribution in [2.24, 2.45) is 10.9 Å². The molecule has 33 heavy (non-hydrogen) atoms. The van der Waals surface area contributed by atoms with Gasteiger partial charge in [-0.15, -0.1) is 0 Å². The van der Waals surface area contributed by atoms with Crippen molar-refractivity contribution in [1.29, 1.82) is 0 Å². The Labute approximate surface area is 190 Å². The Morgan fingerprint density at radius 1 is 1.09 bits per heavy atom. The van der Waals surface area contributed by atoms with Crippen LogP contribution in [0.15, 0.2) is 59.7 Å². The highest BCUT2D eigenvalue weighted by molar-refractivity contribution is 6.20. The van der Waals surface area contributed by atoms with E-state index in [1.54, 1.807) is 30.3 Å². The first-order valence-corrected chi connectivity index (χ1v) is 10.1. The van der Waals surface area contributed by atoms with E-state index in [1.807, 2.05) is 24.3 Å². The number of para-hydroxylation sites is 1. The molecule has 4 N–H and O–H groups in total. The SMILES string of the molecule is NN=Cc1ccc(C=CC(=O)NCCN2CC(=O)N(c3ccccc3CC(=O)O)C2=O)cc1. The van der Waals surface area contributed by atoms with Crippen LogP contribution in [0.1, 0.15) is 16.7 Å². The van der Waals surface area contributed by atoms with Crippen LogP contribution in [0.3, 0.4) is 0 Å². The van der Waals surface area contributed by atoms with Gasteiger partial charge in [0.05, 0.1) is 18.3 Å². The maximum Gasteiger partial charge on any atom is 0.331 e. The second-order valence-electron chi connectivity index (χ2n) is 7.20. The van der Waals surface area contributed by atoms with Crippen LogP contribution in [0.4, 0.5) is 10.5 Å². The van der Waals surface area contributed by atoms with Gasteiger partial charge in [0.25, 0.3) is 5.91 Å². The van der Waals surface area contributed by atoms with Crippen molar-refractivity contribution in [3.8, 4) is 0 Å². The van der Waals surface area contributed by atoms with E-state index in [4.69, 9.17) is 10.9 Å². The van der Waals surface area contributed by atoms with Gasteiger partial charge in [-0.3, -0.25) is 14.4 Å². The average molecular weight is 449 g/mol. The zero-order valence-corrected chi connectivity index (χ0v) is 17.7. The standard InChI is InChI=1S/C23H23N5O5/c24-26-14-17-7-5-16(6-8-17)9-10-20(29)25-11-12-27-15-21(30)28(23(27)33)19-4-2-1-3-18(19)13-22(31)32/h1-10,14H,11-13,15,24H2,(H,25,29)(H,31,32). The molecule has 0 unspecified atom stereocenters. The molecule has 0 aliphatic carbocycles. The Hall–Kier alpha value is -4.47. The maximum absolute atomic E-state index is 12.8. The summed E-state index contributed by atoms with van der Waals surface area (Å²) in [7, 11) is 0. The number of nitrogens with one attached hydrogen (secondary N) is 1. The zero-order valence-electron chi connectivity index (χ0n) is 17.7. The number of amides is 4. The molecule has 1 heterocycles. The van der Waals surface area contributed by atoms with Crippen LogP contribution >= 0.6 is 0 Å². The van der Waals surface area contributed by atoms with Gasteiger partial charge < -0.3 is 21.2 Å². The summed E-state index contributed by atoms with van der Waals surface area (Å²) < 4.78 is 0. The molecule has 10 heteroatoms. The first-order chi connectivity index (χ1) is 15.9. The predicted molar refractivity (Wildman–Crippen MR) is 123 cm³/mol. The van der Waals surface area contributed by atoms with Crippen LogP contribution in [0.25, 0.3) is 6.08 Å². The summed E-state index contributed by atoms with van der Waals surface area (Å²) in [4.78, 5) is 50.7. The molecule has 0 radical (unpaired) electrons. The van der Waals surface area contributed by atoms with Crippen molar-refractivity contribution in [2.75, 3.05) is 24.5 Å². The van der Waals surface area contributed by atoms with Gasteiger partial charge in [-0.05, 0) is 28.8 Å². The molecular formula is C23H23N5O5. The van der Waals surface area contributed by atoms with E-state index in [2.05, 4.69) is 10.4 Å². The first-order valence-electron chi connectivity index (χ1n) is 10.1. The van der Waals surface area contributed by atoms with Gasteiger partial charge in [0.1, 0.15) is 6.54 Å². The smallest absolute Gasteiger partial charge is 0.331 e. The molecule has 0 saturated carbocycles. The van der Waals surface area contributed by atoms with Gasteiger partial charge in [0.2, 0.25) is 5.91 Å². The molecule has 170 valence electrons. The number of carbonyl (C=O) groups excluding carboxylic acids is 3. The fraction of sp³-hybridized carbons (Fsp3) is 0.174. The van der Waals surface area contributed by atoms with Crippen molar-refractivity contribution in [1.82, 2.24) is 10.2 Å². The summed E-state index contributed by atoms with van der Waals surface area (Å²) in [6.45, 7) is 0.137. The number of carboxylic acid groups (broad SMARTS) is 1. The number of hydrazone groups is 1. The largest absolute Gasteiger partial charge is 0.481 e. The van der Waals surface area contributed by atoms with E-state index in [-0.39, 0.29) is 37.6 Å². The third kappa shape index (κ3) is 6.03. The van der Waals surface area contributed by atoms with Crippen LogP contribution in [0, 0.1) is 0 Å². The highest BCUT2D eigenvalue weighted by Crippen LogP contribution is 2.25. The number of imide groups is 1. The lowest BCUT2D eigenvalue weighted by Gasteiger charge is -2.19. The Morgan fingerprint density at radius 2 is 1.79 bits per heavy atom. The molecule has 3 rings (SSSR count). The van der Waals surface area contributed by atoms with Crippen molar-refractivity contribution in [3.05, 3.63) is 71.3 Å². The normalized spacial score (nSPS) is 13.9. The second-order valence-corrected chi connectivity index (χ2v) is 7.20. The van der Waals surface area contributed by atoms with E-state index in [9.17, 15) is 19.2 Å². The molecule has 2 aromatic carbocycles. The number of rotatable bonds is 9. The minimum Gasteiger partial charge on any atom is -0.481 e. The third-order valence-electron chi connectivity index (χ3n) is 4.88. The number of anilines is 1. The lowest BCUT2D eigenvalue weighted by atomic mass is 10.1. The van der Waals surface area contributed by atoms with Gasteiger partial charge in [-0.25, -0.2) is 9.69 Å². The number of carboxylic acids is 1. The molecule has 1 saturated heterocycles. The average Bonchev–Trinajstić information content (AvgIpc) is 3.06. The Kier molecular flexibility index (Phi) is 7.53. The summed E-state index contributed by atoms with van der Waals surface area (Å²) >= 11 is 0. The fourth-order valence-corrected chi connectivity index (χ4v) is 3.33. The maximum atomic E-state index is 12.8. The van der Waals surface area contributed by atoms with Crippen LogP contribution in [0.2, 0.25) is 0 Å². The zero-order chi connectivity index (χ0) is 23.8. The third-order valence-corrected chi connectivity index (χ3v) is 4.88. The van der Waals surface area contributed by atoms with Crippen molar-refractivity contribution in [3.63, 3.8) is 0 Å². The van der Waals surface area contributed by atoms with Gasteiger partial charge >= 0.3 is 12.0 Å². The van der Waals surface area contributed by atoms with E-state index >= 15 is 0 Å². The minimum absolute atomic E-state index is 0.134. The summed E-state index contributed by atoms with van der Waals surface area (Å²) in [6, 6.07) is 13.1. The molecule has 1 aliphatic rings. The quantitative estimate of drug-likeness (QED) is 0.172. The monoisotopic (exact) mass is 449 g/mol. The lowest BCUT2D eigenvalue weighted by Crippen LogP contribution is -2.38.